The smallest absolute Gasteiger partial charge is 0.247 e. The lowest BCUT2D eigenvalue weighted by atomic mass is 10.2. The molecule has 0 amide bonds. The van der Waals surface area contributed by atoms with Crippen LogP contribution in [0.2, 0.25) is 0 Å². The summed E-state index contributed by atoms with van der Waals surface area (Å²) in [5.41, 5.74) is 2.18. The van der Waals surface area contributed by atoms with Gasteiger partial charge in [-0.05, 0) is 17.7 Å². The largest absolute Gasteiger partial charge is 0.419 e. The van der Waals surface area contributed by atoms with E-state index in [1.807, 2.05) is 54.6 Å². The molecule has 0 aliphatic heterocycles. The second kappa shape index (κ2) is 7.51. The fraction of sp³-hybridized carbons (Fsp3) is 0.158. The summed E-state index contributed by atoms with van der Waals surface area (Å²) >= 11 is 0. The number of aromatic nitrogens is 2. The molecule has 0 atom stereocenters. The molecule has 0 aliphatic carbocycles. The molecular weight excluding hydrogens is 286 g/mol. The van der Waals surface area contributed by atoms with Crippen LogP contribution in [0.3, 0.4) is 0 Å². The summed E-state index contributed by atoms with van der Waals surface area (Å²) in [5, 5.41) is 8.30. The minimum absolute atomic E-state index is 0.555. The van der Waals surface area contributed by atoms with E-state index in [4.69, 9.17) is 4.42 Å². The first-order valence-corrected chi connectivity index (χ1v) is 7.60. The summed E-state index contributed by atoms with van der Waals surface area (Å²) < 4.78 is 5.79. The van der Waals surface area contributed by atoms with Crippen molar-refractivity contribution in [1.82, 2.24) is 15.1 Å². The first-order valence-electron chi connectivity index (χ1n) is 7.60. The monoisotopic (exact) mass is 305 g/mol. The van der Waals surface area contributed by atoms with Gasteiger partial charge in [0.05, 0.1) is 6.54 Å². The van der Waals surface area contributed by atoms with Crippen LogP contribution in [0, 0.1) is 0 Å². The van der Waals surface area contributed by atoms with Gasteiger partial charge in [0.2, 0.25) is 11.8 Å². The average molecular weight is 305 g/mol. The Morgan fingerprint density at radius 1 is 0.913 bits per heavy atom. The first kappa shape index (κ1) is 15.2. The Labute approximate surface area is 136 Å². The van der Waals surface area contributed by atoms with Crippen LogP contribution >= 0.6 is 0 Å². The van der Waals surface area contributed by atoms with Crippen LogP contribution in [0.5, 0.6) is 0 Å². The van der Waals surface area contributed by atoms with Crippen molar-refractivity contribution in [2.24, 2.45) is 0 Å². The normalized spacial score (nSPS) is 10.8. The zero-order chi connectivity index (χ0) is 15.9. The molecule has 0 fully saturated rings. The quantitative estimate of drug-likeness (QED) is 0.620. The molecule has 0 saturated heterocycles. The van der Waals surface area contributed by atoms with E-state index in [9.17, 15) is 0 Å². The van der Waals surface area contributed by atoms with Crippen LogP contribution in [0.1, 0.15) is 11.5 Å². The summed E-state index contributed by atoms with van der Waals surface area (Å²) in [6, 6.07) is 20.1. The Morgan fingerprint density at radius 3 is 2.30 bits per heavy atom. The maximum absolute atomic E-state index is 5.79. The zero-order valence-corrected chi connectivity index (χ0v) is 12.9. The topological polar surface area (TPSA) is 42.2 Å². The van der Waals surface area contributed by atoms with Crippen molar-refractivity contribution in [3.05, 3.63) is 84.8 Å². The van der Waals surface area contributed by atoms with Crippen molar-refractivity contribution in [3.63, 3.8) is 0 Å². The molecular formula is C19H19N3O. The third kappa shape index (κ3) is 4.14. The molecule has 23 heavy (non-hydrogen) atoms. The van der Waals surface area contributed by atoms with Gasteiger partial charge in [0, 0.05) is 18.7 Å². The lowest BCUT2D eigenvalue weighted by Crippen LogP contribution is -2.23. The lowest BCUT2D eigenvalue weighted by molar-refractivity contribution is 0.256. The highest BCUT2D eigenvalue weighted by molar-refractivity contribution is 5.51. The zero-order valence-electron chi connectivity index (χ0n) is 12.9. The van der Waals surface area contributed by atoms with Crippen LogP contribution in [-0.2, 0) is 13.1 Å². The van der Waals surface area contributed by atoms with Gasteiger partial charge in [0.1, 0.15) is 0 Å². The van der Waals surface area contributed by atoms with Crippen molar-refractivity contribution in [1.29, 1.82) is 0 Å². The van der Waals surface area contributed by atoms with Crippen molar-refractivity contribution >= 4 is 0 Å². The van der Waals surface area contributed by atoms with Crippen LogP contribution in [-0.4, -0.2) is 21.6 Å². The van der Waals surface area contributed by atoms with Crippen molar-refractivity contribution in [2.75, 3.05) is 6.54 Å². The highest BCUT2D eigenvalue weighted by Gasteiger charge is 2.12. The van der Waals surface area contributed by atoms with Gasteiger partial charge in [-0.15, -0.1) is 16.8 Å². The van der Waals surface area contributed by atoms with Crippen molar-refractivity contribution in [3.8, 4) is 11.5 Å². The predicted octanol–water partition coefficient (Wildman–Crippen LogP) is 3.92. The Morgan fingerprint density at radius 2 is 1.61 bits per heavy atom. The fourth-order valence-corrected chi connectivity index (χ4v) is 2.42. The van der Waals surface area contributed by atoms with Gasteiger partial charge in [0.25, 0.3) is 0 Å². The van der Waals surface area contributed by atoms with Crippen LogP contribution in [0.4, 0.5) is 0 Å². The number of nitrogens with zero attached hydrogens (tertiary/aromatic N) is 3. The summed E-state index contributed by atoms with van der Waals surface area (Å²) in [4.78, 5) is 2.21. The molecule has 1 heterocycles. The van der Waals surface area contributed by atoms with Crippen molar-refractivity contribution < 1.29 is 4.42 Å². The third-order valence-corrected chi connectivity index (χ3v) is 3.48. The molecule has 116 valence electrons. The molecule has 4 nitrogen and oxygen atoms in total. The third-order valence-electron chi connectivity index (χ3n) is 3.48. The Balaban J connectivity index is 1.71. The molecule has 4 heteroatoms. The van der Waals surface area contributed by atoms with Crippen LogP contribution in [0.25, 0.3) is 11.5 Å². The van der Waals surface area contributed by atoms with E-state index in [1.54, 1.807) is 0 Å². The fourth-order valence-electron chi connectivity index (χ4n) is 2.42. The summed E-state index contributed by atoms with van der Waals surface area (Å²) in [7, 11) is 0. The van der Waals surface area contributed by atoms with E-state index < -0.39 is 0 Å². The molecule has 0 N–H and O–H groups in total. The molecule has 2 aromatic carbocycles. The van der Waals surface area contributed by atoms with Gasteiger partial charge in [-0.25, -0.2) is 0 Å². The molecule has 0 radical (unpaired) electrons. The Hall–Kier alpha value is -2.72. The van der Waals surface area contributed by atoms with E-state index in [1.165, 1.54) is 5.56 Å². The van der Waals surface area contributed by atoms with Gasteiger partial charge in [-0.2, -0.15) is 0 Å². The standard InChI is InChI=1S/C19H19N3O/c1-2-13-22(14-16-9-5-3-6-10-16)15-18-20-21-19(23-18)17-11-7-4-8-12-17/h2-12H,1,13-15H2. The summed E-state index contributed by atoms with van der Waals surface area (Å²) in [5.74, 6) is 1.17. The highest BCUT2D eigenvalue weighted by Crippen LogP contribution is 2.18. The second-order valence-corrected chi connectivity index (χ2v) is 5.31. The number of hydrogen-bond acceptors (Lipinski definition) is 4. The molecule has 1 aromatic heterocycles. The van der Waals surface area contributed by atoms with E-state index in [-0.39, 0.29) is 0 Å². The Bertz CT molecular complexity index is 738. The maximum Gasteiger partial charge on any atom is 0.247 e. The summed E-state index contributed by atoms with van der Waals surface area (Å²) in [6.07, 6.45) is 1.89. The molecule has 0 spiro atoms. The van der Waals surface area contributed by atoms with Crippen LogP contribution in [0.15, 0.2) is 77.7 Å². The summed E-state index contributed by atoms with van der Waals surface area (Å²) in [6.45, 7) is 6.00. The lowest BCUT2D eigenvalue weighted by Gasteiger charge is -2.18. The van der Waals surface area contributed by atoms with Gasteiger partial charge < -0.3 is 4.42 Å². The van der Waals surface area contributed by atoms with E-state index >= 15 is 0 Å². The van der Waals surface area contributed by atoms with E-state index in [2.05, 4.69) is 33.8 Å². The minimum Gasteiger partial charge on any atom is -0.419 e. The molecule has 0 aliphatic rings. The molecule has 3 aromatic rings. The van der Waals surface area contributed by atoms with Crippen molar-refractivity contribution in [2.45, 2.75) is 13.1 Å². The number of hydrogen-bond donors (Lipinski definition) is 0. The van der Waals surface area contributed by atoms with Gasteiger partial charge >= 0.3 is 0 Å². The highest BCUT2D eigenvalue weighted by atomic mass is 16.4. The molecule has 0 saturated carbocycles. The van der Waals surface area contributed by atoms with E-state index in [0.29, 0.717) is 18.3 Å². The molecule has 0 unspecified atom stereocenters. The first-order chi connectivity index (χ1) is 11.3. The molecule has 0 bridgehead atoms. The Kier molecular flexibility index (Phi) is 4.96. The minimum atomic E-state index is 0.555. The molecule has 3 rings (SSSR count). The average Bonchev–Trinajstić information content (AvgIpc) is 3.05. The predicted molar refractivity (Wildman–Crippen MR) is 90.5 cm³/mol. The van der Waals surface area contributed by atoms with Gasteiger partial charge in [0.15, 0.2) is 0 Å². The SMILES string of the molecule is C=CCN(Cc1ccccc1)Cc1nnc(-c2ccccc2)o1. The number of rotatable bonds is 7. The van der Waals surface area contributed by atoms with Crippen LogP contribution < -0.4 is 0 Å². The second-order valence-electron chi connectivity index (χ2n) is 5.31. The van der Waals surface area contributed by atoms with Gasteiger partial charge in [-0.3, -0.25) is 4.90 Å². The van der Waals surface area contributed by atoms with E-state index in [0.717, 1.165) is 18.7 Å². The number of benzene rings is 2. The maximum atomic E-state index is 5.79. The van der Waals surface area contributed by atoms with Gasteiger partial charge in [-0.1, -0.05) is 54.6 Å².